The number of rotatable bonds is 8. The van der Waals surface area contributed by atoms with E-state index in [4.69, 9.17) is 5.11 Å². The Kier molecular flexibility index (Phi) is 8.24. The van der Waals surface area contributed by atoms with Crippen molar-refractivity contribution in [2.45, 2.75) is 45.6 Å². The first kappa shape index (κ1) is 14.7. The molecule has 0 fully saturated rings. The summed E-state index contributed by atoms with van der Waals surface area (Å²) >= 11 is 0. The van der Waals surface area contributed by atoms with Gasteiger partial charge in [-0.3, -0.25) is 4.84 Å². The third kappa shape index (κ3) is 9.26. The van der Waals surface area contributed by atoms with E-state index in [-0.39, 0.29) is 6.04 Å². The molecule has 0 aliphatic rings. The van der Waals surface area contributed by atoms with E-state index in [0.29, 0.717) is 0 Å². The number of carbonyl (C=O) groups is 2. The van der Waals surface area contributed by atoms with E-state index in [0.717, 1.165) is 25.7 Å². The maximum Gasteiger partial charge on any atom is 0.338 e. The lowest BCUT2D eigenvalue weighted by molar-refractivity contribution is -0.144. The minimum absolute atomic E-state index is 0.0555. The van der Waals surface area contributed by atoms with E-state index in [9.17, 15) is 9.59 Å². The van der Waals surface area contributed by atoms with Crippen LogP contribution in [0.5, 0.6) is 0 Å². The van der Waals surface area contributed by atoms with Crippen molar-refractivity contribution in [3.05, 3.63) is 0 Å². The number of urea groups is 1. The summed E-state index contributed by atoms with van der Waals surface area (Å²) in [7, 11) is 0. The van der Waals surface area contributed by atoms with Crippen molar-refractivity contribution in [3.63, 3.8) is 0 Å². The van der Waals surface area contributed by atoms with Gasteiger partial charge in [0.2, 0.25) is 0 Å². The van der Waals surface area contributed by atoms with E-state index in [1.807, 2.05) is 12.4 Å². The van der Waals surface area contributed by atoms with Crippen LogP contribution >= 0.6 is 0 Å². The van der Waals surface area contributed by atoms with Crippen molar-refractivity contribution < 1.29 is 19.5 Å². The van der Waals surface area contributed by atoms with E-state index in [2.05, 4.69) is 17.1 Å². The molecular formula is C10H20N2O4. The van der Waals surface area contributed by atoms with Gasteiger partial charge in [-0.2, -0.15) is 0 Å². The fraction of sp³-hybridized carbons (Fsp3) is 0.800. The smallest absolute Gasteiger partial charge is 0.338 e. The molecule has 0 saturated carbocycles. The number of unbranched alkanes of at least 4 members (excludes halogenated alkanes) is 2. The molecule has 6 heteroatoms. The highest BCUT2D eigenvalue weighted by atomic mass is 16.7. The molecule has 0 saturated heterocycles. The molecule has 0 heterocycles. The number of aliphatic carboxylic acids is 1. The van der Waals surface area contributed by atoms with Gasteiger partial charge in [-0.25, -0.2) is 15.1 Å². The molecule has 1 atom stereocenters. The van der Waals surface area contributed by atoms with Gasteiger partial charge in [-0.15, -0.1) is 0 Å². The molecule has 0 aromatic carbocycles. The number of carbonyl (C=O) groups excluding carboxylic acids is 1. The van der Waals surface area contributed by atoms with Crippen LogP contribution in [0.2, 0.25) is 0 Å². The Morgan fingerprint density at radius 1 is 1.38 bits per heavy atom. The Labute approximate surface area is 95.3 Å². The summed E-state index contributed by atoms with van der Waals surface area (Å²) in [5.41, 5.74) is 2.00. The summed E-state index contributed by atoms with van der Waals surface area (Å²) in [5, 5.41) is 10.9. The van der Waals surface area contributed by atoms with E-state index < -0.39 is 18.6 Å². The molecule has 0 aliphatic carbocycles. The summed E-state index contributed by atoms with van der Waals surface area (Å²) < 4.78 is 0. The summed E-state index contributed by atoms with van der Waals surface area (Å²) in [6.45, 7) is 3.47. The lowest BCUT2D eigenvalue weighted by atomic mass is 10.1. The molecular weight excluding hydrogens is 212 g/mol. The molecule has 0 radical (unpaired) electrons. The highest BCUT2D eigenvalue weighted by Crippen LogP contribution is 2.02. The number of hydrogen-bond donors (Lipinski definition) is 3. The number of hydrogen-bond acceptors (Lipinski definition) is 3. The Morgan fingerprint density at radius 2 is 2.06 bits per heavy atom. The standard InChI is InChI=1S/C10H20N2O4/c1-3-4-5-6-8(2)11-10(15)12-16-7-9(13)14/h8H,3-7H2,1-2H3,(H,13,14)(H2,11,12,15). The van der Waals surface area contributed by atoms with Crippen molar-refractivity contribution in [1.29, 1.82) is 0 Å². The number of amides is 2. The Hall–Kier alpha value is -1.30. The summed E-state index contributed by atoms with van der Waals surface area (Å²) in [6.07, 6.45) is 4.25. The zero-order valence-electron chi connectivity index (χ0n) is 9.78. The largest absolute Gasteiger partial charge is 0.479 e. The van der Waals surface area contributed by atoms with Crippen LogP contribution in [0.1, 0.15) is 39.5 Å². The van der Waals surface area contributed by atoms with Crippen LogP contribution in [-0.4, -0.2) is 29.8 Å². The fourth-order valence-electron chi connectivity index (χ4n) is 1.19. The Bertz CT molecular complexity index is 221. The molecule has 1 unspecified atom stereocenters. The van der Waals surface area contributed by atoms with Crippen LogP contribution in [0.15, 0.2) is 0 Å². The zero-order valence-corrected chi connectivity index (χ0v) is 9.78. The summed E-state index contributed by atoms with van der Waals surface area (Å²) in [5.74, 6) is -1.13. The van der Waals surface area contributed by atoms with Gasteiger partial charge in [-0.05, 0) is 13.3 Å². The van der Waals surface area contributed by atoms with E-state index >= 15 is 0 Å². The van der Waals surface area contributed by atoms with Crippen molar-refractivity contribution >= 4 is 12.0 Å². The SMILES string of the molecule is CCCCCC(C)NC(=O)NOCC(=O)O. The van der Waals surface area contributed by atoms with Gasteiger partial charge in [0, 0.05) is 6.04 Å². The van der Waals surface area contributed by atoms with Crippen molar-refractivity contribution in [2.75, 3.05) is 6.61 Å². The first-order valence-corrected chi connectivity index (χ1v) is 5.46. The third-order valence-electron chi connectivity index (χ3n) is 1.98. The molecule has 0 aromatic rings. The van der Waals surface area contributed by atoms with Crippen LogP contribution in [-0.2, 0) is 9.63 Å². The number of hydroxylamine groups is 1. The molecule has 0 spiro atoms. The average Bonchev–Trinajstić information content (AvgIpc) is 2.17. The fourth-order valence-corrected chi connectivity index (χ4v) is 1.19. The second kappa shape index (κ2) is 8.96. The maximum atomic E-state index is 11.1. The average molecular weight is 232 g/mol. The molecule has 2 amide bonds. The second-order valence-electron chi connectivity index (χ2n) is 3.65. The maximum absolute atomic E-state index is 11.1. The van der Waals surface area contributed by atoms with Crippen molar-refractivity contribution in [2.24, 2.45) is 0 Å². The van der Waals surface area contributed by atoms with Gasteiger partial charge in [0.15, 0.2) is 6.61 Å². The van der Waals surface area contributed by atoms with Gasteiger partial charge in [-0.1, -0.05) is 26.2 Å². The topological polar surface area (TPSA) is 87.7 Å². The van der Waals surface area contributed by atoms with Crippen LogP contribution < -0.4 is 10.8 Å². The molecule has 94 valence electrons. The Morgan fingerprint density at radius 3 is 2.62 bits per heavy atom. The predicted octanol–water partition coefficient (Wildman–Crippen LogP) is 1.27. The number of carboxylic acid groups (broad SMARTS) is 1. The molecule has 0 rings (SSSR count). The highest BCUT2D eigenvalue weighted by Gasteiger charge is 2.07. The van der Waals surface area contributed by atoms with Crippen LogP contribution in [0.4, 0.5) is 4.79 Å². The van der Waals surface area contributed by atoms with E-state index in [1.54, 1.807) is 0 Å². The van der Waals surface area contributed by atoms with Crippen LogP contribution in [0, 0.1) is 0 Å². The lowest BCUT2D eigenvalue weighted by Gasteiger charge is -2.13. The summed E-state index contributed by atoms with van der Waals surface area (Å²) in [6, 6.07) is -0.453. The second-order valence-corrected chi connectivity index (χ2v) is 3.65. The minimum atomic E-state index is -1.13. The van der Waals surface area contributed by atoms with Crippen molar-refractivity contribution in [1.82, 2.24) is 10.8 Å². The number of carboxylic acids is 1. The van der Waals surface area contributed by atoms with Crippen molar-refractivity contribution in [3.8, 4) is 0 Å². The van der Waals surface area contributed by atoms with Gasteiger partial charge < -0.3 is 10.4 Å². The monoisotopic (exact) mass is 232 g/mol. The molecule has 0 aromatic heterocycles. The van der Waals surface area contributed by atoms with Gasteiger partial charge in [0.1, 0.15) is 0 Å². The molecule has 0 bridgehead atoms. The molecule has 3 N–H and O–H groups in total. The summed E-state index contributed by atoms with van der Waals surface area (Å²) in [4.78, 5) is 25.6. The highest BCUT2D eigenvalue weighted by molar-refractivity contribution is 5.73. The third-order valence-corrected chi connectivity index (χ3v) is 1.98. The Balaban J connectivity index is 3.50. The van der Waals surface area contributed by atoms with Crippen LogP contribution in [0.3, 0.4) is 0 Å². The molecule has 16 heavy (non-hydrogen) atoms. The predicted molar refractivity (Wildman–Crippen MR) is 58.9 cm³/mol. The molecule has 6 nitrogen and oxygen atoms in total. The quantitative estimate of drug-likeness (QED) is 0.434. The van der Waals surface area contributed by atoms with Gasteiger partial charge in [0.25, 0.3) is 0 Å². The van der Waals surface area contributed by atoms with E-state index in [1.165, 1.54) is 0 Å². The number of nitrogens with one attached hydrogen (secondary N) is 2. The van der Waals surface area contributed by atoms with Gasteiger partial charge in [0.05, 0.1) is 0 Å². The minimum Gasteiger partial charge on any atom is -0.479 e. The van der Waals surface area contributed by atoms with Gasteiger partial charge >= 0.3 is 12.0 Å². The first-order valence-electron chi connectivity index (χ1n) is 5.46. The zero-order chi connectivity index (χ0) is 12.4. The lowest BCUT2D eigenvalue weighted by Crippen LogP contribution is -2.41. The van der Waals surface area contributed by atoms with Crippen LogP contribution in [0.25, 0.3) is 0 Å². The normalized spacial score (nSPS) is 11.9. The first-order chi connectivity index (χ1) is 7.56. The molecule has 0 aliphatic heterocycles.